The Balaban J connectivity index is 1.97. The van der Waals surface area contributed by atoms with Crippen LogP contribution in [0.3, 0.4) is 0 Å². The molecule has 4 aromatic rings. The lowest BCUT2D eigenvalue weighted by molar-refractivity contribution is 0.598. The quantitative estimate of drug-likeness (QED) is 0.568. The minimum atomic E-state index is -3.33. The Morgan fingerprint density at radius 1 is 0.880 bits per heavy atom. The van der Waals surface area contributed by atoms with E-state index in [0.29, 0.717) is 0 Å². The highest BCUT2D eigenvalue weighted by molar-refractivity contribution is 7.90. The summed E-state index contributed by atoms with van der Waals surface area (Å²) in [6, 6.07) is 19.1. The standard InChI is InChI=1S/C19H15N3O2S/c1-25(23,24)17-11-10-15(13-20-17)18-16-9-5-6-12-22(16)21-19(18)14-7-3-2-4-8-14/h2-13H,1H3. The van der Waals surface area contributed by atoms with Gasteiger partial charge in [-0.1, -0.05) is 36.4 Å². The third kappa shape index (κ3) is 2.81. The van der Waals surface area contributed by atoms with Gasteiger partial charge in [0, 0.05) is 35.3 Å². The highest BCUT2D eigenvalue weighted by Crippen LogP contribution is 2.34. The van der Waals surface area contributed by atoms with Gasteiger partial charge in [0.1, 0.15) is 5.69 Å². The summed E-state index contributed by atoms with van der Waals surface area (Å²) >= 11 is 0. The van der Waals surface area contributed by atoms with Crippen molar-refractivity contribution in [3.05, 3.63) is 73.1 Å². The van der Waals surface area contributed by atoms with Gasteiger partial charge in [0.2, 0.25) is 0 Å². The molecule has 0 N–H and O–H groups in total. The number of sulfone groups is 1. The maximum atomic E-state index is 11.7. The highest BCUT2D eigenvalue weighted by Gasteiger charge is 2.17. The van der Waals surface area contributed by atoms with E-state index >= 15 is 0 Å². The fourth-order valence-corrected chi connectivity index (χ4v) is 3.39. The minimum Gasteiger partial charge on any atom is -0.244 e. The minimum absolute atomic E-state index is 0.0639. The van der Waals surface area contributed by atoms with Gasteiger partial charge < -0.3 is 0 Å². The van der Waals surface area contributed by atoms with Crippen LogP contribution >= 0.6 is 0 Å². The summed E-state index contributed by atoms with van der Waals surface area (Å²) in [7, 11) is -3.33. The van der Waals surface area contributed by atoms with E-state index in [2.05, 4.69) is 4.98 Å². The summed E-state index contributed by atoms with van der Waals surface area (Å²) in [4.78, 5) is 4.12. The smallest absolute Gasteiger partial charge is 0.192 e. The second-order valence-corrected chi connectivity index (χ2v) is 7.74. The second-order valence-electron chi connectivity index (χ2n) is 5.78. The van der Waals surface area contributed by atoms with Crippen LogP contribution in [0.1, 0.15) is 0 Å². The predicted molar refractivity (Wildman–Crippen MR) is 97.0 cm³/mol. The SMILES string of the molecule is CS(=O)(=O)c1ccc(-c2c(-c3ccccc3)nn3ccccc23)cn1. The van der Waals surface area contributed by atoms with E-state index in [1.54, 1.807) is 12.3 Å². The maximum absolute atomic E-state index is 11.7. The number of pyridine rings is 2. The van der Waals surface area contributed by atoms with Gasteiger partial charge in [-0.2, -0.15) is 5.10 Å². The van der Waals surface area contributed by atoms with Gasteiger partial charge in [-0.15, -0.1) is 0 Å². The molecule has 0 spiro atoms. The van der Waals surface area contributed by atoms with Crippen LogP contribution in [0.4, 0.5) is 0 Å². The van der Waals surface area contributed by atoms with Crippen LogP contribution in [0.2, 0.25) is 0 Å². The molecule has 0 amide bonds. The van der Waals surface area contributed by atoms with Crippen molar-refractivity contribution in [3.8, 4) is 22.4 Å². The number of benzene rings is 1. The zero-order valence-electron chi connectivity index (χ0n) is 13.5. The molecule has 0 fully saturated rings. The van der Waals surface area contributed by atoms with Gasteiger partial charge in [0.25, 0.3) is 0 Å². The Hall–Kier alpha value is -2.99. The summed E-state index contributed by atoms with van der Waals surface area (Å²) in [5, 5.41) is 4.76. The van der Waals surface area contributed by atoms with Crippen LogP contribution in [0.25, 0.3) is 27.9 Å². The molecule has 4 rings (SSSR count). The largest absolute Gasteiger partial charge is 0.244 e. The molecule has 3 heterocycles. The fourth-order valence-electron chi connectivity index (χ4n) is 2.83. The van der Waals surface area contributed by atoms with Crippen molar-refractivity contribution in [2.24, 2.45) is 0 Å². The van der Waals surface area contributed by atoms with E-state index in [-0.39, 0.29) is 5.03 Å². The summed E-state index contributed by atoms with van der Waals surface area (Å²) in [6.07, 6.45) is 4.64. The Morgan fingerprint density at radius 3 is 2.32 bits per heavy atom. The van der Waals surface area contributed by atoms with Gasteiger partial charge in [0.05, 0.1) is 5.52 Å². The van der Waals surface area contributed by atoms with E-state index in [9.17, 15) is 8.42 Å². The van der Waals surface area contributed by atoms with E-state index in [1.165, 1.54) is 6.07 Å². The lowest BCUT2D eigenvalue weighted by Gasteiger charge is -2.05. The molecule has 0 saturated carbocycles. The molecule has 0 aliphatic carbocycles. The Morgan fingerprint density at radius 2 is 1.64 bits per heavy atom. The van der Waals surface area contributed by atoms with Gasteiger partial charge in [-0.05, 0) is 24.3 Å². The van der Waals surface area contributed by atoms with Gasteiger partial charge in [0.15, 0.2) is 14.9 Å². The normalized spacial score (nSPS) is 11.7. The van der Waals surface area contributed by atoms with Gasteiger partial charge in [-0.3, -0.25) is 0 Å². The van der Waals surface area contributed by atoms with Crippen molar-refractivity contribution in [2.45, 2.75) is 5.03 Å². The van der Waals surface area contributed by atoms with Crippen LogP contribution in [0.5, 0.6) is 0 Å². The van der Waals surface area contributed by atoms with Gasteiger partial charge in [-0.25, -0.2) is 17.9 Å². The number of hydrogen-bond donors (Lipinski definition) is 0. The summed E-state index contributed by atoms with van der Waals surface area (Å²) in [5.41, 5.74) is 4.52. The first-order valence-electron chi connectivity index (χ1n) is 7.73. The van der Waals surface area contributed by atoms with E-state index < -0.39 is 9.84 Å². The lowest BCUT2D eigenvalue weighted by atomic mass is 10.0. The van der Waals surface area contributed by atoms with Crippen LogP contribution in [-0.4, -0.2) is 29.3 Å². The number of rotatable bonds is 3. The predicted octanol–water partition coefficient (Wildman–Crippen LogP) is 3.47. The molecular weight excluding hydrogens is 334 g/mol. The van der Waals surface area contributed by atoms with Crippen molar-refractivity contribution in [1.82, 2.24) is 14.6 Å². The maximum Gasteiger partial charge on any atom is 0.192 e. The topological polar surface area (TPSA) is 64.3 Å². The molecule has 0 aliphatic rings. The molecule has 25 heavy (non-hydrogen) atoms. The number of nitrogens with zero attached hydrogens (tertiary/aromatic N) is 3. The second kappa shape index (κ2) is 5.82. The molecule has 3 aromatic heterocycles. The number of hydrogen-bond acceptors (Lipinski definition) is 4. The summed E-state index contributed by atoms with van der Waals surface area (Å²) < 4.78 is 25.1. The van der Waals surface area contributed by atoms with Gasteiger partial charge >= 0.3 is 0 Å². The van der Waals surface area contributed by atoms with E-state index in [1.807, 2.05) is 59.2 Å². The molecule has 124 valence electrons. The van der Waals surface area contributed by atoms with Crippen molar-refractivity contribution < 1.29 is 8.42 Å². The van der Waals surface area contributed by atoms with E-state index in [0.717, 1.165) is 34.2 Å². The molecule has 6 heteroatoms. The molecule has 0 saturated heterocycles. The van der Waals surface area contributed by atoms with Crippen molar-refractivity contribution in [3.63, 3.8) is 0 Å². The van der Waals surface area contributed by atoms with Crippen LogP contribution in [-0.2, 0) is 9.84 Å². The third-order valence-electron chi connectivity index (χ3n) is 3.99. The molecular formula is C19H15N3O2S. The molecule has 0 unspecified atom stereocenters. The van der Waals surface area contributed by atoms with E-state index in [4.69, 9.17) is 5.10 Å². The monoisotopic (exact) mass is 349 g/mol. The molecule has 0 aliphatic heterocycles. The summed E-state index contributed by atoms with van der Waals surface area (Å²) in [5.74, 6) is 0. The highest BCUT2D eigenvalue weighted by atomic mass is 32.2. The Labute approximate surface area is 145 Å². The number of aromatic nitrogens is 3. The third-order valence-corrected chi connectivity index (χ3v) is 4.99. The van der Waals surface area contributed by atoms with Crippen molar-refractivity contribution in [2.75, 3.05) is 6.26 Å². The molecule has 5 nitrogen and oxygen atoms in total. The Kier molecular flexibility index (Phi) is 3.62. The zero-order valence-corrected chi connectivity index (χ0v) is 14.3. The number of fused-ring (bicyclic) bond motifs is 1. The van der Waals surface area contributed by atoms with Crippen molar-refractivity contribution in [1.29, 1.82) is 0 Å². The molecule has 0 bridgehead atoms. The molecule has 1 aromatic carbocycles. The van der Waals surface area contributed by atoms with Crippen LogP contribution in [0.15, 0.2) is 78.1 Å². The molecule has 0 atom stereocenters. The average Bonchev–Trinajstić information content (AvgIpc) is 3.01. The first-order valence-corrected chi connectivity index (χ1v) is 9.62. The zero-order chi connectivity index (χ0) is 17.4. The Bertz CT molecular complexity index is 1150. The first kappa shape index (κ1) is 15.5. The van der Waals surface area contributed by atoms with Crippen molar-refractivity contribution >= 4 is 15.4 Å². The average molecular weight is 349 g/mol. The summed E-state index contributed by atoms with van der Waals surface area (Å²) in [6.45, 7) is 0. The molecule has 0 radical (unpaired) electrons. The fraction of sp³-hybridized carbons (Fsp3) is 0.0526. The lowest BCUT2D eigenvalue weighted by Crippen LogP contribution is -1.99. The van der Waals surface area contributed by atoms with Crippen LogP contribution in [0, 0.1) is 0 Å². The van der Waals surface area contributed by atoms with Crippen LogP contribution < -0.4 is 0 Å². The first-order chi connectivity index (χ1) is 12.0.